The van der Waals surface area contributed by atoms with Gasteiger partial charge in [-0.25, -0.2) is 4.39 Å². The molecular weight excluding hydrogens is 193 g/mol. The van der Waals surface area contributed by atoms with Gasteiger partial charge in [0.15, 0.2) is 0 Å². The molecule has 0 aromatic heterocycles. The summed E-state index contributed by atoms with van der Waals surface area (Å²) in [5, 5.41) is 0. The predicted molar refractivity (Wildman–Crippen MR) is 50.7 cm³/mol. The number of alkyl halides is 2. The molecule has 1 heterocycles. The van der Waals surface area contributed by atoms with Gasteiger partial charge in [0.2, 0.25) is 5.91 Å². The second-order valence-corrected chi connectivity index (χ2v) is 4.09. The van der Waals surface area contributed by atoms with Crippen LogP contribution in [0.1, 0.15) is 26.2 Å². The van der Waals surface area contributed by atoms with Crippen LogP contribution in [0.4, 0.5) is 4.39 Å². The number of hydrogen-bond acceptors (Lipinski definition) is 1. The first kappa shape index (κ1) is 10.8. The van der Waals surface area contributed by atoms with Crippen LogP contribution in [0.25, 0.3) is 0 Å². The third kappa shape index (κ3) is 3.14. The molecule has 4 heteroatoms. The van der Waals surface area contributed by atoms with Crippen LogP contribution < -0.4 is 0 Å². The first-order valence-electron chi connectivity index (χ1n) is 4.58. The number of likely N-dealkylation sites (tertiary alicyclic amines) is 1. The van der Waals surface area contributed by atoms with Gasteiger partial charge in [-0.15, -0.1) is 11.6 Å². The largest absolute Gasteiger partial charge is 0.338 e. The maximum absolute atomic E-state index is 13.6. The van der Waals surface area contributed by atoms with Crippen molar-refractivity contribution in [1.29, 1.82) is 0 Å². The van der Waals surface area contributed by atoms with Gasteiger partial charge in [0.1, 0.15) is 11.5 Å². The molecule has 0 spiro atoms. The zero-order chi connectivity index (χ0) is 9.90. The highest BCUT2D eigenvalue weighted by Crippen LogP contribution is 2.24. The number of halogens is 2. The van der Waals surface area contributed by atoms with Gasteiger partial charge in [0.05, 0.1) is 6.54 Å². The average Bonchev–Trinajstić information content (AvgIpc) is 2.25. The lowest BCUT2D eigenvalue weighted by Gasteiger charge is -2.25. The summed E-state index contributed by atoms with van der Waals surface area (Å²) < 4.78 is 13.6. The number of amides is 1. The molecule has 1 amide bonds. The Balaban J connectivity index is 2.59. The summed E-state index contributed by atoms with van der Waals surface area (Å²) in [4.78, 5) is 12.8. The van der Waals surface area contributed by atoms with Gasteiger partial charge in [-0.1, -0.05) is 0 Å². The SMILES string of the molecule is CC1(F)CCCCN(C(=O)CCl)C1. The lowest BCUT2D eigenvalue weighted by molar-refractivity contribution is -0.129. The number of carbonyl (C=O) groups is 1. The highest BCUT2D eigenvalue weighted by atomic mass is 35.5. The van der Waals surface area contributed by atoms with Crippen LogP contribution >= 0.6 is 11.6 Å². The van der Waals surface area contributed by atoms with Crippen LogP contribution in [0.5, 0.6) is 0 Å². The minimum atomic E-state index is -1.24. The van der Waals surface area contributed by atoms with Crippen molar-refractivity contribution in [2.45, 2.75) is 31.9 Å². The van der Waals surface area contributed by atoms with Crippen molar-refractivity contribution in [2.24, 2.45) is 0 Å². The predicted octanol–water partition coefficient (Wildman–Crippen LogP) is 1.97. The van der Waals surface area contributed by atoms with Gasteiger partial charge < -0.3 is 4.90 Å². The van der Waals surface area contributed by atoms with E-state index in [2.05, 4.69) is 0 Å². The standard InChI is InChI=1S/C9H15ClFNO/c1-9(11)4-2-3-5-12(7-9)8(13)6-10/h2-7H2,1H3. The molecule has 76 valence electrons. The van der Waals surface area contributed by atoms with E-state index in [9.17, 15) is 9.18 Å². The zero-order valence-electron chi connectivity index (χ0n) is 7.85. The highest BCUT2D eigenvalue weighted by molar-refractivity contribution is 6.27. The van der Waals surface area contributed by atoms with Crippen molar-refractivity contribution >= 4 is 17.5 Å². The summed E-state index contributed by atoms with van der Waals surface area (Å²) in [7, 11) is 0. The van der Waals surface area contributed by atoms with E-state index in [0.29, 0.717) is 13.0 Å². The molecule has 0 aromatic carbocycles. The lowest BCUT2D eigenvalue weighted by Crippen LogP contribution is -2.40. The van der Waals surface area contributed by atoms with Crippen LogP contribution in [0.15, 0.2) is 0 Å². The van der Waals surface area contributed by atoms with Crippen molar-refractivity contribution in [3.05, 3.63) is 0 Å². The lowest BCUT2D eigenvalue weighted by atomic mass is 10.0. The molecule has 0 aromatic rings. The average molecular weight is 208 g/mol. The van der Waals surface area contributed by atoms with Gasteiger partial charge in [-0.05, 0) is 26.2 Å². The summed E-state index contributed by atoms with van der Waals surface area (Å²) in [6.07, 6.45) is 2.26. The Bertz CT molecular complexity index is 196. The molecule has 1 atom stereocenters. The Morgan fingerprint density at radius 2 is 2.31 bits per heavy atom. The van der Waals surface area contributed by atoms with Crippen molar-refractivity contribution < 1.29 is 9.18 Å². The van der Waals surface area contributed by atoms with E-state index in [1.54, 1.807) is 6.92 Å². The Hall–Kier alpha value is -0.310. The Morgan fingerprint density at radius 1 is 1.62 bits per heavy atom. The van der Waals surface area contributed by atoms with Crippen molar-refractivity contribution in [1.82, 2.24) is 4.90 Å². The second-order valence-electron chi connectivity index (χ2n) is 3.82. The van der Waals surface area contributed by atoms with Crippen LogP contribution in [0, 0.1) is 0 Å². The number of rotatable bonds is 1. The molecule has 1 unspecified atom stereocenters. The zero-order valence-corrected chi connectivity index (χ0v) is 8.61. The maximum Gasteiger partial charge on any atom is 0.237 e. The third-order valence-corrected chi connectivity index (χ3v) is 2.59. The van der Waals surface area contributed by atoms with Crippen molar-refractivity contribution in [3.8, 4) is 0 Å². The first-order valence-corrected chi connectivity index (χ1v) is 5.11. The number of hydrogen-bond donors (Lipinski definition) is 0. The molecule has 0 N–H and O–H groups in total. The minimum Gasteiger partial charge on any atom is -0.338 e. The minimum absolute atomic E-state index is 0.0456. The monoisotopic (exact) mass is 207 g/mol. The van der Waals surface area contributed by atoms with Gasteiger partial charge in [-0.2, -0.15) is 0 Å². The summed E-state index contributed by atoms with van der Waals surface area (Å²) in [5.74, 6) is -0.205. The van der Waals surface area contributed by atoms with E-state index in [-0.39, 0.29) is 18.3 Å². The topological polar surface area (TPSA) is 20.3 Å². The van der Waals surface area contributed by atoms with Crippen LogP contribution in [0.3, 0.4) is 0 Å². The van der Waals surface area contributed by atoms with Gasteiger partial charge in [0.25, 0.3) is 0 Å². The molecule has 1 aliphatic heterocycles. The van der Waals surface area contributed by atoms with Crippen molar-refractivity contribution in [3.63, 3.8) is 0 Å². The second kappa shape index (κ2) is 4.27. The number of carbonyl (C=O) groups excluding carboxylic acids is 1. The molecule has 0 aliphatic carbocycles. The maximum atomic E-state index is 13.6. The van der Waals surface area contributed by atoms with Gasteiger partial charge in [-0.3, -0.25) is 4.79 Å². The van der Waals surface area contributed by atoms with E-state index >= 15 is 0 Å². The van der Waals surface area contributed by atoms with E-state index in [1.165, 1.54) is 4.90 Å². The summed E-state index contributed by atoms with van der Waals surface area (Å²) in [6, 6.07) is 0. The first-order chi connectivity index (χ1) is 6.05. The summed E-state index contributed by atoms with van der Waals surface area (Å²) >= 11 is 5.42. The molecule has 1 fully saturated rings. The molecule has 1 saturated heterocycles. The Labute approximate surface area is 83.0 Å². The highest BCUT2D eigenvalue weighted by Gasteiger charge is 2.30. The van der Waals surface area contributed by atoms with Crippen molar-refractivity contribution in [2.75, 3.05) is 19.0 Å². The van der Waals surface area contributed by atoms with E-state index in [1.807, 2.05) is 0 Å². The summed E-state index contributed by atoms with van der Waals surface area (Å²) in [5.41, 5.74) is -1.24. The fourth-order valence-corrected chi connectivity index (χ4v) is 1.82. The van der Waals surface area contributed by atoms with E-state index < -0.39 is 5.67 Å². The van der Waals surface area contributed by atoms with Crippen LogP contribution in [-0.4, -0.2) is 35.4 Å². The molecular formula is C9H15ClFNO. The molecule has 1 aliphatic rings. The Morgan fingerprint density at radius 3 is 2.92 bits per heavy atom. The fraction of sp³-hybridized carbons (Fsp3) is 0.889. The molecule has 1 rings (SSSR count). The molecule has 2 nitrogen and oxygen atoms in total. The molecule has 0 saturated carbocycles. The molecule has 13 heavy (non-hydrogen) atoms. The molecule has 0 radical (unpaired) electrons. The van der Waals surface area contributed by atoms with E-state index in [4.69, 9.17) is 11.6 Å². The van der Waals surface area contributed by atoms with Gasteiger partial charge >= 0.3 is 0 Å². The third-order valence-electron chi connectivity index (χ3n) is 2.36. The fourth-order valence-electron chi connectivity index (χ4n) is 1.65. The van der Waals surface area contributed by atoms with Crippen LogP contribution in [-0.2, 0) is 4.79 Å². The van der Waals surface area contributed by atoms with Gasteiger partial charge in [0, 0.05) is 6.54 Å². The van der Waals surface area contributed by atoms with E-state index in [0.717, 1.165) is 12.8 Å². The van der Waals surface area contributed by atoms with Crippen LogP contribution in [0.2, 0.25) is 0 Å². The Kier molecular flexibility index (Phi) is 3.54. The number of nitrogens with zero attached hydrogens (tertiary/aromatic N) is 1. The summed E-state index contributed by atoms with van der Waals surface area (Å²) in [6.45, 7) is 2.39. The normalized spacial score (nSPS) is 29.9. The quantitative estimate of drug-likeness (QED) is 0.602. The molecule has 0 bridgehead atoms. The smallest absolute Gasteiger partial charge is 0.237 e.